The lowest BCUT2D eigenvalue weighted by molar-refractivity contribution is 0.0450. The number of carbonyl (C=O) groups excluding carboxylic acids is 2. The Morgan fingerprint density at radius 2 is 0.918 bits per heavy atom. The van der Waals surface area contributed by atoms with Crippen molar-refractivity contribution >= 4 is 19.8 Å². The van der Waals surface area contributed by atoms with E-state index >= 15 is 0 Å². The van der Waals surface area contributed by atoms with Gasteiger partial charge >= 0.3 is 19.8 Å². The minimum Gasteiger partial charge on any atom is -0.462 e. The predicted octanol–water partition coefficient (Wildman–Crippen LogP) is 12.2. The third-order valence-corrected chi connectivity index (χ3v) is 9.34. The Bertz CT molecular complexity index is 906. The first-order valence-electron chi connectivity index (χ1n) is 19.8. The first-order valence-corrected chi connectivity index (χ1v) is 21.4. The van der Waals surface area contributed by atoms with Crippen molar-refractivity contribution < 1.29 is 37.9 Å². The standard InChI is InChI=1S/C32H54O4.C8H19O4P/c1-3-5-7-9-11-13-15-17-19-23-27-35-31(33)29-25-21-22-26-30(29)32(34)36-28-24-20-18-16-14-12-10-8-6-4-2;1-3-5-6-8(4-2)7-12-13(9,10)11/h21-22,25-26H,3-20,23-24,27-28H2,1-2H3;8H,3-7H2,1-2H3,(H2,9,10,11). The molecule has 0 fully saturated rings. The van der Waals surface area contributed by atoms with Crippen LogP contribution in [0, 0.1) is 5.92 Å². The van der Waals surface area contributed by atoms with Gasteiger partial charge in [-0.3, -0.25) is 4.52 Å². The number of esters is 2. The first-order chi connectivity index (χ1) is 23.7. The average molecular weight is 713 g/mol. The SMILES string of the molecule is CCCCC(CC)COP(=O)(O)O.CCCCCCCCCCCCOC(=O)c1ccccc1C(=O)OCCCCCCCCCCCC. The minimum absolute atomic E-state index is 0.167. The summed E-state index contributed by atoms with van der Waals surface area (Å²) in [6, 6.07) is 6.82. The Morgan fingerprint density at radius 3 is 1.24 bits per heavy atom. The third-order valence-electron chi connectivity index (χ3n) is 8.85. The lowest BCUT2D eigenvalue weighted by Gasteiger charge is -2.14. The van der Waals surface area contributed by atoms with E-state index in [0.29, 0.717) is 24.3 Å². The lowest BCUT2D eigenvalue weighted by atomic mass is 10.0. The van der Waals surface area contributed by atoms with Crippen LogP contribution in [-0.2, 0) is 18.6 Å². The van der Waals surface area contributed by atoms with Gasteiger partial charge in [0.1, 0.15) is 0 Å². The van der Waals surface area contributed by atoms with E-state index in [1.807, 2.05) is 6.92 Å². The van der Waals surface area contributed by atoms with Gasteiger partial charge < -0.3 is 19.3 Å². The van der Waals surface area contributed by atoms with Crippen LogP contribution in [0.1, 0.15) is 203 Å². The molecule has 0 aliphatic rings. The van der Waals surface area contributed by atoms with Crippen molar-refractivity contribution in [1.29, 1.82) is 0 Å². The maximum Gasteiger partial charge on any atom is 0.469 e. The second-order valence-corrected chi connectivity index (χ2v) is 14.6. The molecule has 0 bridgehead atoms. The van der Waals surface area contributed by atoms with E-state index in [2.05, 4.69) is 25.3 Å². The van der Waals surface area contributed by atoms with Gasteiger partial charge in [-0.05, 0) is 37.3 Å². The molecule has 2 N–H and O–H groups in total. The maximum absolute atomic E-state index is 12.6. The summed E-state index contributed by atoms with van der Waals surface area (Å²) in [5.74, 6) is -0.595. The van der Waals surface area contributed by atoms with Crippen LogP contribution in [0.5, 0.6) is 0 Å². The van der Waals surface area contributed by atoms with Crippen LogP contribution in [0.4, 0.5) is 0 Å². The fraction of sp³-hybridized carbons (Fsp3) is 0.800. The molecular formula is C40H73O8P. The quantitative estimate of drug-likeness (QED) is 0.0443. The molecule has 1 rings (SSSR count). The summed E-state index contributed by atoms with van der Waals surface area (Å²) in [7, 11) is -4.26. The molecule has 1 aromatic rings. The summed E-state index contributed by atoms with van der Waals surface area (Å²) in [6.07, 6.45) is 28.9. The zero-order valence-electron chi connectivity index (χ0n) is 31.8. The molecule has 0 aromatic heterocycles. The highest BCUT2D eigenvalue weighted by Gasteiger charge is 2.19. The number of phosphoric acid groups is 1. The smallest absolute Gasteiger partial charge is 0.462 e. The molecule has 49 heavy (non-hydrogen) atoms. The van der Waals surface area contributed by atoms with E-state index in [1.165, 1.54) is 103 Å². The average Bonchev–Trinajstić information content (AvgIpc) is 3.09. The summed E-state index contributed by atoms with van der Waals surface area (Å²) in [4.78, 5) is 42.1. The highest BCUT2D eigenvalue weighted by molar-refractivity contribution is 7.46. The summed E-state index contributed by atoms with van der Waals surface area (Å²) >= 11 is 0. The fourth-order valence-electron chi connectivity index (χ4n) is 5.60. The molecule has 1 aromatic carbocycles. The van der Waals surface area contributed by atoms with Gasteiger partial charge in [-0.15, -0.1) is 0 Å². The van der Waals surface area contributed by atoms with Crippen molar-refractivity contribution in [2.75, 3.05) is 19.8 Å². The van der Waals surface area contributed by atoms with Crippen LogP contribution < -0.4 is 0 Å². The molecule has 1 atom stereocenters. The van der Waals surface area contributed by atoms with E-state index in [0.717, 1.165) is 51.4 Å². The van der Waals surface area contributed by atoms with Gasteiger partial charge in [0.2, 0.25) is 0 Å². The van der Waals surface area contributed by atoms with Crippen LogP contribution in [-0.4, -0.2) is 41.5 Å². The predicted molar refractivity (Wildman–Crippen MR) is 202 cm³/mol. The van der Waals surface area contributed by atoms with Crippen LogP contribution >= 0.6 is 7.82 Å². The molecule has 0 radical (unpaired) electrons. The van der Waals surface area contributed by atoms with Crippen molar-refractivity contribution in [3.8, 4) is 0 Å². The molecule has 0 heterocycles. The molecule has 1 unspecified atom stereocenters. The molecule has 0 saturated carbocycles. The minimum atomic E-state index is -4.26. The van der Waals surface area contributed by atoms with Gasteiger partial charge in [0.25, 0.3) is 0 Å². The Kier molecular flexibility index (Phi) is 32.2. The zero-order valence-corrected chi connectivity index (χ0v) is 32.7. The number of rotatable bonds is 31. The summed E-state index contributed by atoms with van der Waals surface area (Å²) in [5, 5.41) is 0. The zero-order chi connectivity index (χ0) is 36.4. The second-order valence-electron chi connectivity index (χ2n) is 13.4. The molecule has 0 aliphatic carbocycles. The summed E-state index contributed by atoms with van der Waals surface area (Å²) in [6.45, 7) is 9.56. The van der Waals surface area contributed by atoms with Gasteiger partial charge in [-0.2, -0.15) is 0 Å². The number of hydrogen-bond donors (Lipinski definition) is 2. The number of ether oxygens (including phenoxy) is 2. The van der Waals surface area contributed by atoms with Crippen molar-refractivity contribution in [1.82, 2.24) is 0 Å². The van der Waals surface area contributed by atoms with E-state index in [-0.39, 0.29) is 12.5 Å². The maximum atomic E-state index is 12.6. The third kappa shape index (κ3) is 29.7. The van der Waals surface area contributed by atoms with Gasteiger partial charge in [0.05, 0.1) is 30.9 Å². The monoisotopic (exact) mass is 713 g/mol. The van der Waals surface area contributed by atoms with E-state index in [1.54, 1.807) is 24.3 Å². The number of hydrogen-bond acceptors (Lipinski definition) is 6. The van der Waals surface area contributed by atoms with Crippen molar-refractivity contribution in [3.63, 3.8) is 0 Å². The van der Waals surface area contributed by atoms with E-state index in [9.17, 15) is 14.2 Å². The lowest BCUT2D eigenvalue weighted by Crippen LogP contribution is -2.15. The van der Waals surface area contributed by atoms with Gasteiger partial charge in [-0.1, -0.05) is 175 Å². The molecule has 286 valence electrons. The highest BCUT2D eigenvalue weighted by Crippen LogP contribution is 2.37. The largest absolute Gasteiger partial charge is 0.469 e. The molecule has 0 aliphatic heterocycles. The molecule has 0 saturated heterocycles. The molecule has 0 spiro atoms. The number of benzene rings is 1. The molecule has 9 heteroatoms. The Morgan fingerprint density at radius 1 is 0.571 bits per heavy atom. The summed E-state index contributed by atoms with van der Waals surface area (Å²) < 4.78 is 25.8. The first kappa shape index (κ1) is 47.3. The van der Waals surface area contributed by atoms with Crippen molar-refractivity contribution in [2.24, 2.45) is 5.92 Å². The number of carbonyl (C=O) groups is 2. The highest BCUT2D eigenvalue weighted by atomic mass is 31.2. The Balaban J connectivity index is 0.00000149. The van der Waals surface area contributed by atoms with Gasteiger partial charge in [-0.25, -0.2) is 14.2 Å². The number of phosphoric ester groups is 1. The fourth-order valence-corrected chi connectivity index (χ4v) is 6.01. The van der Waals surface area contributed by atoms with Crippen LogP contribution in [0.2, 0.25) is 0 Å². The van der Waals surface area contributed by atoms with Crippen molar-refractivity contribution in [2.45, 2.75) is 182 Å². The van der Waals surface area contributed by atoms with Crippen LogP contribution in [0.15, 0.2) is 24.3 Å². The molecular weight excluding hydrogens is 639 g/mol. The van der Waals surface area contributed by atoms with E-state index in [4.69, 9.17) is 19.3 Å². The van der Waals surface area contributed by atoms with Crippen LogP contribution in [0.3, 0.4) is 0 Å². The molecule has 0 amide bonds. The van der Waals surface area contributed by atoms with Gasteiger partial charge in [0, 0.05) is 0 Å². The van der Waals surface area contributed by atoms with E-state index < -0.39 is 19.8 Å². The van der Waals surface area contributed by atoms with Crippen LogP contribution in [0.25, 0.3) is 0 Å². The number of unbranched alkanes of at least 4 members (excludes halogenated alkanes) is 19. The Labute approximate surface area is 300 Å². The van der Waals surface area contributed by atoms with Crippen molar-refractivity contribution in [3.05, 3.63) is 35.4 Å². The summed E-state index contributed by atoms with van der Waals surface area (Å²) in [5.41, 5.74) is 0.607. The van der Waals surface area contributed by atoms with Gasteiger partial charge in [0.15, 0.2) is 0 Å². The topological polar surface area (TPSA) is 119 Å². The normalized spacial score (nSPS) is 11.9. The Hall–Kier alpha value is -1.73. The second kappa shape index (κ2) is 33.4. The molecule has 8 nitrogen and oxygen atoms in total.